The highest BCUT2D eigenvalue weighted by Gasteiger charge is 2.09. The molecule has 0 spiro atoms. The Balaban J connectivity index is 3.36. The Morgan fingerprint density at radius 3 is 2.75 bits per heavy atom. The van der Waals surface area contributed by atoms with Crippen LogP contribution in [0.3, 0.4) is 0 Å². The number of ether oxygens (including phenoxy) is 1. The third-order valence-corrected chi connectivity index (χ3v) is 1.55. The molecular formula is C8H5ClFNO. The molecule has 2 nitrogen and oxygen atoms in total. The molecular weight excluding hydrogens is 181 g/mol. The molecule has 0 bridgehead atoms. The number of benzene rings is 1. The highest BCUT2D eigenvalue weighted by molar-refractivity contribution is 6.30. The summed E-state index contributed by atoms with van der Waals surface area (Å²) in [6.07, 6.45) is 0. The Kier molecular flexibility index (Phi) is 2.51. The van der Waals surface area contributed by atoms with E-state index in [1.807, 2.05) is 0 Å². The molecule has 4 heteroatoms. The van der Waals surface area contributed by atoms with Gasteiger partial charge in [-0.3, -0.25) is 0 Å². The highest BCUT2D eigenvalue weighted by atomic mass is 35.5. The third-order valence-electron chi connectivity index (χ3n) is 1.33. The van der Waals surface area contributed by atoms with E-state index in [1.54, 1.807) is 6.07 Å². The summed E-state index contributed by atoms with van der Waals surface area (Å²) in [7, 11) is 1.30. The summed E-state index contributed by atoms with van der Waals surface area (Å²) in [6.45, 7) is 0. The van der Waals surface area contributed by atoms with Gasteiger partial charge < -0.3 is 4.74 Å². The van der Waals surface area contributed by atoms with Crippen LogP contribution in [0.15, 0.2) is 12.1 Å². The van der Waals surface area contributed by atoms with E-state index in [-0.39, 0.29) is 16.3 Å². The number of hydrogen-bond donors (Lipinski definition) is 0. The third kappa shape index (κ3) is 1.49. The minimum Gasteiger partial charge on any atom is -0.492 e. The molecule has 0 radical (unpaired) electrons. The SMILES string of the molecule is COc1c(F)cc(Cl)cc1C#N. The Morgan fingerprint density at radius 1 is 1.58 bits per heavy atom. The lowest BCUT2D eigenvalue weighted by atomic mass is 10.2. The first-order valence-electron chi connectivity index (χ1n) is 3.12. The van der Waals surface area contributed by atoms with E-state index < -0.39 is 5.82 Å². The molecule has 0 fully saturated rings. The smallest absolute Gasteiger partial charge is 0.172 e. The standard InChI is InChI=1S/C8H5ClFNO/c1-12-8-5(4-11)2-6(9)3-7(8)10/h2-3H,1H3. The van der Waals surface area contributed by atoms with Crippen molar-refractivity contribution in [1.29, 1.82) is 5.26 Å². The number of halogens is 2. The van der Waals surface area contributed by atoms with Crippen LogP contribution in [0.2, 0.25) is 5.02 Å². The molecule has 0 aliphatic carbocycles. The molecule has 1 aromatic carbocycles. The first kappa shape index (κ1) is 8.82. The molecule has 1 aromatic rings. The molecule has 62 valence electrons. The van der Waals surface area contributed by atoms with Crippen LogP contribution in [-0.2, 0) is 0 Å². The van der Waals surface area contributed by atoms with Crippen molar-refractivity contribution in [3.8, 4) is 11.8 Å². The van der Waals surface area contributed by atoms with Gasteiger partial charge in [-0.05, 0) is 12.1 Å². The number of hydrogen-bond acceptors (Lipinski definition) is 2. The molecule has 0 aliphatic heterocycles. The number of methoxy groups -OCH3 is 1. The van der Waals surface area contributed by atoms with Crippen LogP contribution in [0.1, 0.15) is 5.56 Å². The maximum atomic E-state index is 12.9. The zero-order valence-corrected chi connectivity index (χ0v) is 7.02. The van der Waals surface area contributed by atoms with Crippen LogP contribution in [0, 0.1) is 17.1 Å². The van der Waals surface area contributed by atoms with Crippen molar-refractivity contribution in [3.05, 3.63) is 28.5 Å². The lowest BCUT2D eigenvalue weighted by Gasteiger charge is -2.03. The Labute approximate surface area is 74.1 Å². The fourth-order valence-corrected chi connectivity index (χ4v) is 1.06. The molecule has 0 atom stereocenters. The predicted octanol–water partition coefficient (Wildman–Crippen LogP) is 2.36. The minimum absolute atomic E-state index is 0.0677. The van der Waals surface area contributed by atoms with E-state index in [9.17, 15) is 4.39 Å². The van der Waals surface area contributed by atoms with E-state index in [4.69, 9.17) is 16.9 Å². The molecule has 0 saturated heterocycles. The number of rotatable bonds is 1. The second-order valence-corrected chi connectivity index (χ2v) is 2.52. The van der Waals surface area contributed by atoms with E-state index in [0.717, 1.165) is 6.07 Å². The second-order valence-electron chi connectivity index (χ2n) is 2.08. The van der Waals surface area contributed by atoms with E-state index in [0.29, 0.717) is 0 Å². The summed E-state index contributed by atoms with van der Waals surface area (Å²) in [5, 5.41) is 8.73. The quantitative estimate of drug-likeness (QED) is 0.673. The van der Waals surface area contributed by atoms with Crippen LogP contribution in [-0.4, -0.2) is 7.11 Å². The van der Waals surface area contributed by atoms with Crippen molar-refractivity contribution in [2.75, 3.05) is 7.11 Å². The van der Waals surface area contributed by atoms with Crippen molar-refractivity contribution < 1.29 is 9.13 Å². The van der Waals surface area contributed by atoms with Crippen molar-refractivity contribution in [1.82, 2.24) is 0 Å². The summed E-state index contributed by atoms with van der Waals surface area (Å²) < 4.78 is 17.6. The van der Waals surface area contributed by atoms with E-state index in [2.05, 4.69) is 4.74 Å². The normalized spacial score (nSPS) is 9.17. The summed E-state index contributed by atoms with van der Waals surface area (Å²) >= 11 is 5.51. The van der Waals surface area contributed by atoms with Gasteiger partial charge in [0.1, 0.15) is 6.07 Å². The Bertz CT molecular complexity index is 346. The summed E-state index contributed by atoms with van der Waals surface area (Å²) in [5.74, 6) is -0.691. The van der Waals surface area contributed by atoms with Crippen LogP contribution in [0.25, 0.3) is 0 Å². The van der Waals surface area contributed by atoms with E-state index >= 15 is 0 Å². The largest absolute Gasteiger partial charge is 0.492 e. The average Bonchev–Trinajstić information content (AvgIpc) is 2.03. The summed E-state index contributed by atoms with van der Waals surface area (Å²) in [4.78, 5) is 0. The Hall–Kier alpha value is -1.27. The van der Waals surface area contributed by atoms with Crippen molar-refractivity contribution in [3.63, 3.8) is 0 Å². The fourth-order valence-electron chi connectivity index (χ4n) is 0.851. The fraction of sp³-hybridized carbons (Fsp3) is 0.125. The zero-order valence-electron chi connectivity index (χ0n) is 6.27. The van der Waals surface area contributed by atoms with Gasteiger partial charge in [0.05, 0.1) is 12.7 Å². The monoisotopic (exact) mass is 185 g/mol. The maximum absolute atomic E-state index is 12.9. The average molecular weight is 186 g/mol. The van der Waals surface area contributed by atoms with Crippen molar-refractivity contribution in [2.45, 2.75) is 0 Å². The lowest BCUT2D eigenvalue weighted by Crippen LogP contribution is -1.91. The van der Waals surface area contributed by atoms with Gasteiger partial charge in [0, 0.05) is 5.02 Å². The van der Waals surface area contributed by atoms with Gasteiger partial charge >= 0.3 is 0 Å². The zero-order chi connectivity index (χ0) is 9.14. The van der Waals surface area contributed by atoms with Crippen molar-refractivity contribution >= 4 is 11.6 Å². The van der Waals surface area contributed by atoms with Gasteiger partial charge in [0.25, 0.3) is 0 Å². The van der Waals surface area contributed by atoms with Crippen LogP contribution < -0.4 is 4.74 Å². The number of nitriles is 1. The van der Waals surface area contributed by atoms with Gasteiger partial charge in [-0.15, -0.1) is 0 Å². The summed E-state index contributed by atoms with van der Waals surface area (Å²) in [5.41, 5.74) is 0.0995. The van der Waals surface area contributed by atoms with Crippen LogP contribution in [0.5, 0.6) is 5.75 Å². The molecule has 0 unspecified atom stereocenters. The van der Waals surface area contributed by atoms with Gasteiger partial charge in [-0.2, -0.15) is 5.26 Å². The molecule has 0 aromatic heterocycles. The highest BCUT2D eigenvalue weighted by Crippen LogP contribution is 2.25. The molecule has 0 heterocycles. The van der Waals surface area contributed by atoms with Crippen molar-refractivity contribution in [2.24, 2.45) is 0 Å². The molecule has 0 aliphatic rings. The maximum Gasteiger partial charge on any atom is 0.172 e. The minimum atomic E-state index is -0.624. The molecule has 0 N–H and O–H groups in total. The van der Waals surface area contributed by atoms with Gasteiger partial charge in [0.2, 0.25) is 0 Å². The number of nitrogens with zero attached hydrogens (tertiary/aromatic N) is 1. The lowest BCUT2D eigenvalue weighted by molar-refractivity contribution is 0.385. The van der Waals surface area contributed by atoms with Gasteiger partial charge in [0.15, 0.2) is 11.6 Å². The topological polar surface area (TPSA) is 33.0 Å². The summed E-state index contributed by atoms with van der Waals surface area (Å²) in [6, 6.07) is 4.23. The molecule has 1 rings (SSSR count). The molecule has 12 heavy (non-hydrogen) atoms. The predicted molar refractivity (Wildman–Crippen MR) is 42.7 cm³/mol. The van der Waals surface area contributed by atoms with Gasteiger partial charge in [-0.1, -0.05) is 11.6 Å². The first-order chi connectivity index (χ1) is 5.69. The molecule has 0 amide bonds. The first-order valence-corrected chi connectivity index (χ1v) is 3.50. The van der Waals surface area contributed by atoms with E-state index in [1.165, 1.54) is 13.2 Å². The Morgan fingerprint density at radius 2 is 2.25 bits per heavy atom. The second kappa shape index (κ2) is 3.42. The molecule has 0 saturated carbocycles. The van der Waals surface area contributed by atoms with Crippen LogP contribution in [0.4, 0.5) is 4.39 Å². The van der Waals surface area contributed by atoms with Gasteiger partial charge in [-0.25, -0.2) is 4.39 Å². The van der Waals surface area contributed by atoms with Crippen LogP contribution >= 0.6 is 11.6 Å².